The number of carbonyl (C=O) groups is 1. The molecule has 0 aliphatic heterocycles. The first-order chi connectivity index (χ1) is 8.98. The average molecular weight is 276 g/mol. The maximum Gasteiger partial charge on any atom is 0.251 e. The van der Waals surface area contributed by atoms with Crippen LogP contribution in [0.15, 0.2) is 23.7 Å². The number of benzene rings is 1. The zero-order valence-electron chi connectivity index (χ0n) is 10.9. The van der Waals surface area contributed by atoms with Crippen molar-refractivity contribution in [3.8, 4) is 0 Å². The van der Waals surface area contributed by atoms with E-state index >= 15 is 0 Å². The van der Waals surface area contributed by atoms with Crippen LogP contribution in [0.25, 0.3) is 10.2 Å². The number of rotatable bonds is 2. The van der Waals surface area contributed by atoms with Crippen molar-refractivity contribution < 1.29 is 9.90 Å². The van der Waals surface area contributed by atoms with Gasteiger partial charge in [0.05, 0.1) is 21.8 Å². The second-order valence-corrected chi connectivity index (χ2v) is 6.52. The molecule has 1 aromatic heterocycles. The summed E-state index contributed by atoms with van der Waals surface area (Å²) in [6, 6.07) is 5.55. The Morgan fingerprint density at radius 1 is 1.53 bits per heavy atom. The first kappa shape index (κ1) is 12.6. The van der Waals surface area contributed by atoms with Gasteiger partial charge in [-0.3, -0.25) is 4.79 Å². The Hall–Kier alpha value is -1.46. The van der Waals surface area contributed by atoms with Crippen LogP contribution < -0.4 is 5.32 Å². The van der Waals surface area contributed by atoms with Crippen LogP contribution in [0, 0.1) is 5.41 Å². The lowest BCUT2D eigenvalue weighted by Gasteiger charge is -2.49. The maximum atomic E-state index is 12.2. The predicted octanol–water partition coefficient (Wildman–Crippen LogP) is 2.19. The number of hydrogen-bond acceptors (Lipinski definition) is 4. The molecule has 4 nitrogen and oxygen atoms in total. The smallest absolute Gasteiger partial charge is 0.251 e. The molecule has 1 aromatic carbocycles. The lowest BCUT2D eigenvalue weighted by Crippen LogP contribution is -2.61. The topological polar surface area (TPSA) is 62.2 Å². The van der Waals surface area contributed by atoms with Crippen LogP contribution in [0.5, 0.6) is 0 Å². The van der Waals surface area contributed by atoms with Crippen molar-refractivity contribution in [3.05, 3.63) is 29.3 Å². The second kappa shape index (κ2) is 4.28. The monoisotopic (exact) mass is 276 g/mol. The molecule has 19 heavy (non-hydrogen) atoms. The Morgan fingerprint density at radius 3 is 3.00 bits per heavy atom. The lowest BCUT2D eigenvalue weighted by molar-refractivity contribution is -0.0689. The standard InChI is InChI=1S/C14H16N2O2S/c1-14(2)11(6-12(14)17)16-13(18)8-3-4-9-10(5-8)19-7-15-9/h3-5,7,11-12,17H,6H2,1-2H3,(H,16,18). The van der Waals surface area contributed by atoms with Crippen LogP contribution >= 0.6 is 11.3 Å². The molecule has 2 atom stereocenters. The minimum absolute atomic E-state index is 0.0344. The quantitative estimate of drug-likeness (QED) is 0.884. The van der Waals surface area contributed by atoms with E-state index < -0.39 is 0 Å². The van der Waals surface area contributed by atoms with Crippen LogP contribution in [-0.4, -0.2) is 28.1 Å². The van der Waals surface area contributed by atoms with Crippen LogP contribution in [-0.2, 0) is 0 Å². The number of aliphatic hydroxyl groups excluding tert-OH is 1. The van der Waals surface area contributed by atoms with Gasteiger partial charge in [0.25, 0.3) is 5.91 Å². The van der Waals surface area contributed by atoms with Gasteiger partial charge in [0.2, 0.25) is 0 Å². The summed E-state index contributed by atoms with van der Waals surface area (Å²) in [4.78, 5) is 16.4. The molecule has 1 amide bonds. The summed E-state index contributed by atoms with van der Waals surface area (Å²) in [5.41, 5.74) is 3.09. The highest BCUT2D eigenvalue weighted by molar-refractivity contribution is 7.16. The lowest BCUT2D eigenvalue weighted by atomic mass is 9.64. The van der Waals surface area contributed by atoms with Gasteiger partial charge in [0.15, 0.2) is 0 Å². The molecule has 2 unspecified atom stereocenters. The molecule has 100 valence electrons. The molecule has 0 spiro atoms. The van der Waals surface area contributed by atoms with E-state index in [9.17, 15) is 9.90 Å². The first-order valence-corrected chi connectivity index (χ1v) is 7.18. The highest BCUT2D eigenvalue weighted by Gasteiger charge is 2.47. The van der Waals surface area contributed by atoms with Gasteiger partial charge < -0.3 is 10.4 Å². The number of thiazole rings is 1. The Morgan fingerprint density at radius 2 is 2.32 bits per heavy atom. The van der Waals surface area contributed by atoms with E-state index in [4.69, 9.17) is 0 Å². The summed E-state index contributed by atoms with van der Waals surface area (Å²) in [7, 11) is 0. The van der Waals surface area contributed by atoms with Gasteiger partial charge in [0, 0.05) is 17.0 Å². The van der Waals surface area contributed by atoms with Crippen molar-refractivity contribution in [1.29, 1.82) is 0 Å². The van der Waals surface area contributed by atoms with E-state index in [0.29, 0.717) is 12.0 Å². The molecule has 2 N–H and O–H groups in total. The summed E-state index contributed by atoms with van der Waals surface area (Å²) >= 11 is 1.53. The third kappa shape index (κ3) is 2.03. The fraction of sp³-hybridized carbons (Fsp3) is 0.429. The number of fused-ring (bicyclic) bond motifs is 1. The van der Waals surface area contributed by atoms with Gasteiger partial charge in [-0.1, -0.05) is 13.8 Å². The minimum Gasteiger partial charge on any atom is -0.392 e. The molecule has 5 heteroatoms. The molecule has 1 fully saturated rings. The van der Waals surface area contributed by atoms with Gasteiger partial charge in [-0.2, -0.15) is 0 Å². The molecule has 0 radical (unpaired) electrons. The van der Waals surface area contributed by atoms with E-state index in [0.717, 1.165) is 10.2 Å². The number of nitrogens with one attached hydrogen (secondary N) is 1. The molecule has 1 heterocycles. The van der Waals surface area contributed by atoms with Gasteiger partial charge in [-0.25, -0.2) is 4.98 Å². The van der Waals surface area contributed by atoms with E-state index in [2.05, 4.69) is 10.3 Å². The molecule has 3 rings (SSSR count). The van der Waals surface area contributed by atoms with Crippen molar-refractivity contribution in [2.75, 3.05) is 0 Å². The third-order valence-corrected chi connectivity index (χ3v) is 4.91. The van der Waals surface area contributed by atoms with Crippen LogP contribution in [0.3, 0.4) is 0 Å². The largest absolute Gasteiger partial charge is 0.392 e. The average Bonchev–Trinajstić information content (AvgIpc) is 2.85. The van der Waals surface area contributed by atoms with Crippen molar-refractivity contribution in [2.45, 2.75) is 32.4 Å². The molecule has 2 aromatic rings. The zero-order valence-corrected chi connectivity index (χ0v) is 11.7. The first-order valence-electron chi connectivity index (χ1n) is 6.30. The molecular weight excluding hydrogens is 260 g/mol. The van der Waals surface area contributed by atoms with Gasteiger partial charge in [0.1, 0.15) is 0 Å². The molecular formula is C14H16N2O2S. The van der Waals surface area contributed by atoms with E-state index in [1.54, 1.807) is 11.6 Å². The predicted molar refractivity (Wildman–Crippen MR) is 75.3 cm³/mol. The summed E-state index contributed by atoms with van der Waals surface area (Å²) in [6.45, 7) is 3.94. The van der Waals surface area contributed by atoms with Crippen LogP contribution in [0.4, 0.5) is 0 Å². The number of nitrogens with zero attached hydrogens (tertiary/aromatic N) is 1. The molecule has 1 aliphatic carbocycles. The highest BCUT2D eigenvalue weighted by Crippen LogP contribution is 2.40. The number of aromatic nitrogens is 1. The summed E-state index contributed by atoms with van der Waals surface area (Å²) < 4.78 is 1.01. The van der Waals surface area contributed by atoms with Crippen molar-refractivity contribution >= 4 is 27.5 Å². The van der Waals surface area contributed by atoms with E-state index in [1.165, 1.54) is 11.3 Å². The Labute approximate surface area is 115 Å². The number of amides is 1. The molecule has 1 saturated carbocycles. The van der Waals surface area contributed by atoms with E-state index in [1.807, 2.05) is 26.0 Å². The van der Waals surface area contributed by atoms with Crippen LogP contribution in [0.2, 0.25) is 0 Å². The van der Waals surface area contributed by atoms with Crippen molar-refractivity contribution in [3.63, 3.8) is 0 Å². The maximum absolute atomic E-state index is 12.2. The normalized spacial score (nSPS) is 25.0. The van der Waals surface area contributed by atoms with Crippen molar-refractivity contribution in [2.24, 2.45) is 5.41 Å². The van der Waals surface area contributed by atoms with Gasteiger partial charge in [-0.15, -0.1) is 11.3 Å². The third-order valence-electron chi connectivity index (χ3n) is 4.11. The SMILES string of the molecule is CC1(C)C(O)CC1NC(=O)c1ccc2ncsc2c1. The number of carbonyl (C=O) groups excluding carboxylic acids is 1. The Kier molecular flexibility index (Phi) is 2.83. The summed E-state index contributed by atoms with van der Waals surface area (Å²) in [5, 5.41) is 12.7. The fourth-order valence-electron chi connectivity index (χ4n) is 2.39. The number of hydrogen-bond donors (Lipinski definition) is 2. The summed E-state index contributed by atoms with van der Waals surface area (Å²) in [5.74, 6) is -0.0831. The van der Waals surface area contributed by atoms with E-state index in [-0.39, 0.29) is 23.5 Å². The zero-order chi connectivity index (χ0) is 13.6. The molecule has 0 saturated heterocycles. The van der Waals surface area contributed by atoms with Crippen LogP contribution in [0.1, 0.15) is 30.6 Å². The second-order valence-electron chi connectivity index (χ2n) is 5.63. The number of aliphatic hydroxyl groups is 1. The Balaban J connectivity index is 1.77. The molecule has 0 bridgehead atoms. The van der Waals surface area contributed by atoms with Crippen molar-refractivity contribution in [1.82, 2.24) is 10.3 Å². The minimum atomic E-state index is -0.332. The fourth-order valence-corrected chi connectivity index (χ4v) is 3.10. The summed E-state index contributed by atoms with van der Waals surface area (Å²) in [6.07, 6.45) is 0.295. The van der Waals surface area contributed by atoms with Gasteiger partial charge >= 0.3 is 0 Å². The highest BCUT2D eigenvalue weighted by atomic mass is 32.1. The Bertz CT molecular complexity index is 635. The molecule has 1 aliphatic rings. The van der Waals surface area contributed by atoms with Gasteiger partial charge in [-0.05, 0) is 24.6 Å².